The first-order chi connectivity index (χ1) is 58.4. The third-order valence-corrected chi connectivity index (χ3v) is 23.7. The van der Waals surface area contributed by atoms with Gasteiger partial charge in [-0.3, -0.25) is 25.3 Å². The first-order valence-electron chi connectivity index (χ1n) is 43.3. The number of hydrogen-bond acceptors (Lipinski definition) is 7. The van der Waals surface area contributed by atoms with E-state index < -0.39 is 0 Å². The summed E-state index contributed by atoms with van der Waals surface area (Å²) in [4.78, 5) is 17.9. The number of pyridine rings is 4. The number of fused-ring (bicyclic) bond motifs is 18. The van der Waals surface area contributed by atoms with Crippen LogP contribution in [0.3, 0.4) is 0 Å². The second kappa shape index (κ2) is 40.2. The molecule has 2 unspecified atom stereocenters. The van der Waals surface area contributed by atoms with Crippen molar-refractivity contribution in [3.05, 3.63) is 262 Å². The number of unbranched alkanes of at least 4 members (excludes halogenated alkanes) is 1. The van der Waals surface area contributed by atoms with Crippen molar-refractivity contribution in [3.8, 4) is 24.7 Å². The Labute approximate surface area is 726 Å². The van der Waals surface area contributed by atoms with Gasteiger partial charge in [0.1, 0.15) is 5.71 Å². The molecule has 0 aliphatic heterocycles. The van der Waals surface area contributed by atoms with E-state index in [0.29, 0.717) is 0 Å². The Morgan fingerprint density at radius 3 is 0.885 bits per heavy atom. The summed E-state index contributed by atoms with van der Waals surface area (Å²) in [5.74, 6) is 5.47. The number of hydrogen-bond donors (Lipinski definition) is 4. The Kier molecular flexibility index (Phi) is 29.5. The lowest BCUT2D eigenvalue weighted by atomic mass is 10.1. The fraction of sp³-hybridized carbons (Fsp3) is 0.318. The molecule has 8 aromatic carbocycles. The van der Waals surface area contributed by atoms with Gasteiger partial charge in [-0.1, -0.05) is 109 Å². The zero-order valence-electron chi connectivity index (χ0n) is 74.3. The average molecular weight is 1640 g/mol. The van der Waals surface area contributed by atoms with E-state index in [1.165, 1.54) is 175 Å². The molecule has 2 atom stereocenters. The topological polar surface area (TPSA) is 179 Å². The van der Waals surface area contributed by atoms with Gasteiger partial charge in [-0.15, -0.1) is 24.7 Å². The molecule has 0 radical (unpaired) electrons. The van der Waals surface area contributed by atoms with Crippen molar-refractivity contribution < 1.29 is 22.9 Å². The molecule has 10 aromatic heterocycles. The third kappa shape index (κ3) is 19.4. The Morgan fingerprint density at radius 2 is 0.607 bits per heavy atom. The average Bonchev–Trinajstić information content (AvgIpc) is 1.64. The molecule has 7 N–H and O–H groups in total. The molecular formula is C107H122ClN13O. The molecule has 0 saturated carbocycles. The zero-order valence-corrected chi connectivity index (χ0v) is 75.1. The Hall–Kier alpha value is -11.9. The summed E-state index contributed by atoms with van der Waals surface area (Å²) in [7, 11) is 0. The summed E-state index contributed by atoms with van der Waals surface area (Å²) >= 11 is 0. The van der Waals surface area contributed by atoms with Crippen molar-refractivity contribution in [2.24, 2.45) is 11.5 Å². The lowest BCUT2D eigenvalue weighted by Gasteiger charge is -2.10. The number of aliphatic hydroxyl groups is 1. The highest BCUT2D eigenvalue weighted by Gasteiger charge is 2.20. The molecule has 0 bridgehead atoms. The SMILES string of the molecule is C#CCCCn1c2cc(C)ccc2c2ccnc(C)c21.C#CCCn1c2cc(C)ccc2c2cccc(C)c21.CC(=[NH2+])CCCn1c2cc(C)ccc2c2ccnc(C)c21.Cc1ccc2c3cccc(C)c3n(CCCO)c2c1.Cc1ccc2c3ccnc(C)c3n(CCCC(C)N)c2c1.Cc1ccc2c3ccnc(C)c3n(CCCC(C)N)c2c1.[Cl-]. The minimum Gasteiger partial charge on any atom is -1.00 e. The maximum absolute atomic E-state index is 9.12. The van der Waals surface area contributed by atoms with Gasteiger partial charge in [0.15, 0.2) is 0 Å². The molecule has 0 aliphatic carbocycles. The molecule has 0 aliphatic rings. The second-order valence-electron chi connectivity index (χ2n) is 33.7. The van der Waals surface area contributed by atoms with Gasteiger partial charge in [0.25, 0.3) is 0 Å². The minimum absolute atomic E-state index is 0. The van der Waals surface area contributed by atoms with Crippen LogP contribution in [0.2, 0.25) is 0 Å². The van der Waals surface area contributed by atoms with Gasteiger partial charge in [0.05, 0.1) is 55.9 Å². The number of nitrogens with zero attached hydrogens (tertiary/aromatic N) is 10. The fourth-order valence-corrected chi connectivity index (χ4v) is 18.0. The number of nitrogens with two attached hydrogens (primary N) is 3. The van der Waals surface area contributed by atoms with Gasteiger partial charge in [0.2, 0.25) is 0 Å². The Bertz CT molecular complexity index is 6760. The monoisotopic (exact) mass is 1640 g/mol. The standard InChI is InChI=1S/2C18H23N3.C18H21N3.C18H18N2.C18H17N.C17H19NO.ClH/c3*1-12-6-7-15-16-8-9-20-14(3)18(16)21(17(15)11-12)10-4-5-13(2)19;1-4-5-6-11-20-17-12-13(2)7-8-15(17)16-9-10-19-14(3)18(16)20;1-4-5-11-19-17-12-13(2)9-10-15(17)16-8-6-7-14(3)18(16)19;1-12-7-8-14-15-6-3-5-13(2)17(15)18(9-4-10-19)16(14)11-12;/h2*6-9,11,13H,4-5,10,19H2,1-3H3;6-9,11,19H,4-5,10H2,1-3H3;1,7-10,12H,5-6,11H2,2-3H3;1,6-10,12H,5,11H2,2-3H3;3,5-8,11,19H,4,9-10H2,1-2H3;1H. The van der Waals surface area contributed by atoms with Crippen molar-refractivity contribution >= 4 is 137 Å². The molecular weight excluding hydrogens is 1520 g/mol. The normalized spacial score (nSPS) is 11.8. The van der Waals surface area contributed by atoms with Crippen molar-refractivity contribution in [2.75, 3.05) is 6.61 Å². The number of benzene rings is 8. The molecule has 10 heterocycles. The molecule has 15 heteroatoms. The van der Waals surface area contributed by atoms with E-state index in [1.54, 1.807) is 0 Å². The van der Waals surface area contributed by atoms with Gasteiger partial charge < -0.3 is 56.4 Å². The second-order valence-corrected chi connectivity index (χ2v) is 33.7. The van der Waals surface area contributed by atoms with E-state index >= 15 is 0 Å². The molecule has 122 heavy (non-hydrogen) atoms. The van der Waals surface area contributed by atoms with Crippen LogP contribution in [-0.4, -0.2) is 76.8 Å². The summed E-state index contributed by atoms with van der Waals surface area (Å²) in [6.07, 6.45) is 28.1. The van der Waals surface area contributed by atoms with Crippen LogP contribution >= 0.6 is 0 Å². The highest BCUT2D eigenvalue weighted by molar-refractivity contribution is 6.13. The summed E-state index contributed by atoms with van der Waals surface area (Å²) in [6, 6.07) is 61.9. The molecule has 0 spiro atoms. The van der Waals surface area contributed by atoms with Crippen LogP contribution in [0.1, 0.15) is 152 Å². The highest BCUT2D eigenvalue weighted by Crippen LogP contribution is 2.38. The van der Waals surface area contributed by atoms with Crippen molar-refractivity contribution in [3.63, 3.8) is 0 Å². The van der Waals surface area contributed by atoms with E-state index in [9.17, 15) is 0 Å². The third-order valence-electron chi connectivity index (χ3n) is 23.7. The van der Waals surface area contributed by atoms with Crippen molar-refractivity contribution in [1.82, 2.24) is 47.3 Å². The van der Waals surface area contributed by atoms with E-state index in [1.807, 2.05) is 31.7 Å². The van der Waals surface area contributed by atoms with Crippen LogP contribution in [0.25, 0.3) is 131 Å². The van der Waals surface area contributed by atoms with Crippen LogP contribution in [0, 0.1) is 108 Å². The number of terminal acetylenes is 2. The number of rotatable bonds is 20. The van der Waals surface area contributed by atoms with Gasteiger partial charge in [0, 0.05) is 207 Å². The maximum atomic E-state index is 9.12. The molecule has 0 saturated heterocycles. The smallest absolute Gasteiger partial charge is 0.145 e. The number of aryl methyl sites for hydroxylation is 18. The molecule has 0 amide bonds. The molecule has 628 valence electrons. The molecule has 0 fully saturated rings. The first kappa shape index (κ1) is 89.4. The zero-order chi connectivity index (χ0) is 85.9. The molecule has 18 rings (SSSR count). The predicted molar refractivity (Wildman–Crippen MR) is 516 cm³/mol. The highest BCUT2D eigenvalue weighted by atomic mass is 35.5. The number of aromatic nitrogens is 10. The molecule has 18 aromatic rings. The number of halogens is 1. The largest absolute Gasteiger partial charge is 1.00 e. The van der Waals surface area contributed by atoms with E-state index in [4.69, 9.17) is 34.8 Å². The number of para-hydroxylation sites is 2. The van der Waals surface area contributed by atoms with E-state index in [2.05, 4.69) is 326 Å². The van der Waals surface area contributed by atoms with E-state index in [0.717, 1.165) is 132 Å². The quantitative estimate of drug-likeness (QED) is 0.0333. The Balaban J connectivity index is 0.000000134. The maximum Gasteiger partial charge on any atom is 0.145 e. The van der Waals surface area contributed by atoms with Gasteiger partial charge >= 0.3 is 0 Å². The van der Waals surface area contributed by atoms with Gasteiger partial charge in [-0.05, 0) is 247 Å². The summed E-state index contributed by atoms with van der Waals surface area (Å²) in [6.45, 7) is 37.5. The fourth-order valence-electron chi connectivity index (χ4n) is 18.0. The van der Waals surface area contributed by atoms with Gasteiger partial charge in [-0.25, -0.2) is 0 Å². The molecule has 14 nitrogen and oxygen atoms in total. The van der Waals surface area contributed by atoms with Crippen molar-refractivity contribution in [2.45, 2.75) is 219 Å². The minimum atomic E-state index is 0. The lowest BCUT2D eigenvalue weighted by Crippen LogP contribution is -3.00. The first-order valence-corrected chi connectivity index (χ1v) is 43.3. The van der Waals surface area contributed by atoms with Crippen LogP contribution < -0.4 is 29.3 Å². The summed E-state index contributed by atoms with van der Waals surface area (Å²) < 4.78 is 14.3. The van der Waals surface area contributed by atoms with Crippen LogP contribution in [0.5, 0.6) is 0 Å². The van der Waals surface area contributed by atoms with E-state index in [-0.39, 0.29) is 31.1 Å². The predicted octanol–water partition coefficient (Wildman–Crippen LogP) is 20.1. The Morgan fingerprint density at radius 1 is 0.344 bits per heavy atom. The summed E-state index contributed by atoms with van der Waals surface area (Å²) in [5, 5.41) is 30.6. The summed E-state index contributed by atoms with van der Waals surface area (Å²) in [5.41, 5.74) is 42.9. The lowest BCUT2D eigenvalue weighted by molar-refractivity contribution is -0.117. The van der Waals surface area contributed by atoms with Gasteiger partial charge in [-0.2, -0.15) is 0 Å². The number of aliphatic hydroxyl groups excluding tert-OH is 1. The van der Waals surface area contributed by atoms with Crippen molar-refractivity contribution in [1.29, 1.82) is 0 Å². The van der Waals surface area contributed by atoms with Crippen LogP contribution in [-0.2, 0) is 39.3 Å². The van der Waals surface area contributed by atoms with Crippen LogP contribution in [0.4, 0.5) is 0 Å². The van der Waals surface area contributed by atoms with Crippen LogP contribution in [0.15, 0.2) is 195 Å².